The summed E-state index contributed by atoms with van der Waals surface area (Å²) in [6, 6.07) is 17.1. The third-order valence-corrected chi connectivity index (χ3v) is 10.5. The van der Waals surface area contributed by atoms with E-state index in [-0.39, 0.29) is 23.7 Å². The SMILES string of the molecule is CCCCCCCOc1ccc(-c2cnc(-c3ccc(C[C@H](NC(=O)c4ccc(C(C)(C)C)s4)C(=O)N[C@@H](C(=O)O)C(C)CC)cc3)nc2)cc1. The van der Waals surface area contributed by atoms with E-state index in [1.165, 1.54) is 37.0 Å². The summed E-state index contributed by atoms with van der Waals surface area (Å²) in [5.74, 6) is -0.917. The number of ether oxygens (including phenoxy) is 1. The molecule has 0 aliphatic rings. The van der Waals surface area contributed by atoms with Crippen molar-refractivity contribution in [1.82, 2.24) is 20.6 Å². The fraction of sp³-hybridized carbons (Fsp3) is 0.439. The number of rotatable bonds is 18. The van der Waals surface area contributed by atoms with Gasteiger partial charge in [-0.05, 0) is 53.1 Å². The third-order valence-electron chi connectivity index (χ3n) is 8.98. The molecule has 3 atom stereocenters. The molecule has 3 N–H and O–H groups in total. The molecule has 0 bridgehead atoms. The van der Waals surface area contributed by atoms with Crippen LogP contribution >= 0.6 is 11.3 Å². The fourth-order valence-corrected chi connectivity index (χ4v) is 6.50. The van der Waals surface area contributed by atoms with Crippen LogP contribution in [0.25, 0.3) is 22.5 Å². The number of aliphatic carboxylic acids is 1. The van der Waals surface area contributed by atoms with Gasteiger partial charge in [-0.15, -0.1) is 11.3 Å². The van der Waals surface area contributed by atoms with Gasteiger partial charge >= 0.3 is 5.97 Å². The smallest absolute Gasteiger partial charge is 0.326 e. The number of carbonyl (C=O) groups is 3. The van der Waals surface area contributed by atoms with E-state index in [9.17, 15) is 19.5 Å². The summed E-state index contributed by atoms with van der Waals surface area (Å²) in [4.78, 5) is 49.6. The number of aromatic nitrogens is 2. The van der Waals surface area contributed by atoms with Gasteiger partial charge in [-0.3, -0.25) is 9.59 Å². The van der Waals surface area contributed by atoms with Crippen molar-refractivity contribution < 1.29 is 24.2 Å². The molecule has 0 saturated carbocycles. The van der Waals surface area contributed by atoms with Gasteiger partial charge in [0.05, 0.1) is 11.5 Å². The number of nitrogens with zero attached hydrogens (tertiary/aromatic N) is 2. The molecule has 2 amide bonds. The van der Waals surface area contributed by atoms with Crippen molar-refractivity contribution >= 4 is 29.1 Å². The molecule has 4 aromatic rings. The second kappa shape index (κ2) is 18.6. The van der Waals surface area contributed by atoms with Gasteiger partial charge in [0.2, 0.25) is 5.91 Å². The molecule has 2 aromatic heterocycles. The second-order valence-electron chi connectivity index (χ2n) is 14.1. The lowest BCUT2D eigenvalue weighted by Gasteiger charge is -2.24. The molecule has 0 saturated heterocycles. The van der Waals surface area contributed by atoms with Gasteiger partial charge in [0.15, 0.2) is 5.82 Å². The first kappa shape index (κ1) is 39.2. The molecule has 0 aliphatic carbocycles. The molecule has 0 spiro atoms. The van der Waals surface area contributed by atoms with Gasteiger partial charge in [0, 0.05) is 34.8 Å². The first-order valence-electron chi connectivity index (χ1n) is 18.0. The Morgan fingerprint density at radius 1 is 0.824 bits per heavy atom. The molecule has 0 fully saturated rings. The number of carboxylic acid groups (broad SMARTS) is 1. The largest absolute Gasteiger partial charge is 0.494 e. The van der Waals surface area contributed by atoms with Gasteiger partial charge < -0.3 is 20.5 Å². The minimum atomic E-state index is -1.11. The number of amides is 2. The Labute approximate surface area is 306 Å². The van der Waals surface area contributed by atoms with E-state index in [2.05, 4.69) is 48.3 Å². The maximum absolute atomic E-state index is 13.5. The predicted molar refractivity (Wildman–Crippen MR) is 204 cm³/mol. The highest BCUT2D eigenvalue weighted by Crippen LogP contribution is 2.30. The van der Waals surface area contributed by atoms with Gasteiger partial charge in [-0.2, -0.15) is 0 Å². The number of hydrogen-bond donors (Lipinski definition) is 3. The molecule has 2 aromatic carbocycles. The minimum Gasteiger partial charge on any atom is -0.494 e. The zero-order valence-electron chi connectivity index (χ0n) is 30.7. The number of unbranched alkanes of at least 4 members (excludes halogenated alkanes) is 4. The molecule has 272 valence electrons. The van der Waals surface area contributed by atoms with Crippen LogP contribution in [0.3, 0.4) is 0 Å². The van der Waals surface area contributed by atoms with E-state index < -0.39 is 24.0 Å². The number of benzene rings is 2. The predicted octanol–water partition coefficient (Wildman–Crippen LogP) is 8.48. The van der Waals surface area contributed by atoms with Crippen LogP contribution in [-0.4, -0.2) is 51.5 Å². The first-order chi connectivity index (χ1) is 24.4. The van der Waals surface area contributed by atoms with Crippen molar-refractivity contribution in [2.75, 3.05) is 6.61 Å². The molecule has 9 nitrogen and oxygen atoms in total. The molecular weight excluding hydrogens is 661 g/mol. The number of carboxylic acids is 1. The Balaban J connectivity index is 1.43. The third kappa shape index (κ3) is 11.5. The number of carbonyl (C=O) groups excluding carboxylic acids is 2. The molecular formula is C41H52N4O5S. The highest BCUT2D eigenvalue weighted by Gasteiger charge is 2.30. The fourth-order valence-electron chi connectivity index (χ4n) is 5.53. The van der Waals surface area contributed by atoms with E-state index in [1.807, 2.05) is 61.5 Å². The lowest BCUT2D eigenvalue weighted by atomic mass is 9.95. The average Bonchev–Trinajstić information content (AvgIpc) is 3.64. The Kier molecular flexibility index (Phi) is 14.3. The van der Waals surface area contributed by atoms with Gasteiger partial charge in [0.25, 0.3) is 5.91 Å². The standard InChI is InChI=1S/C41H52N4O5S/c1-7-9-10-11-12-23-50-32-19-17-29(18-20-32)31-25-42-37(43-26-31)30-15-13-28(14-16-30)24-33(38(46)45-36(40(48)49)27(3)8-2)44-39(47)34-21-22-35(51-34)41(4,5)6/h13-22,25-27,33,36H,7-12,23-24H2,1-6H3,(H,44,47)(H,45,46)(H,48,49)/t27?,33-,36+/m0/s1. The van der Waals surface area contributed by atoms with E-state index in [0.717, 1.165) is 45.9 Å². The normalized spacial score (nSPS) is 13.2. The van der Waals surface area contributed by atoms with Gasteiger partial charge in [-0.25, -0.2) is 14.8 Å². The van der Waals surface area contributed by atoms with Crippen LogP contribution in [0, 0.1) is 5.92 Å². The van der Waals surface area contributed by atoms with E-state index in [4.69, 9.17) is 4.74 Å². The van der Waals surface area contributed by atoms with Crippen molar-refractivity contribution in [3.05, 3.63) is 88.4 Å². The van der Waals surface area contributed by atoms with Crippen LogP contribution in [0.15, 0.2) is 73.1 Å². The quantitative estimate of drug-likeness (QED) is 0.0883. The molecule has 0 aliphatic heterocycles. The molecule has 0 radical (unpaired) electrons. The average molecular weight is 713 g/mol. The van der Waals surface area contributed by atoms with Crippen molar-refractivity contribution in [3.8, 4) is 28.3 Å². The van der Waals surface area contributed by atoms with Crippen molar-refractivity contribution in [2.24, 2.45) is 5.92 Å². The second-order valence-corrected chi connectivity index (χ2v) is 15.2. The van der Waals surface area contributed by atoms with Crippen molar-refractivity contribution in [2.45, 2.75) is 104 Å². The Bertz CT molecular complexity index is 1710. The lowest BCUT2D eigenvalue weighted by Crippen LogP contribution is -2.54. The molecule has 2 heterocycles. The van der Waals surface area contributed by atoms with Crippen LogP contribution in [0.5, 0.6) is 5.75 Å². The maximum Gasteiger partial charge on any atom is 0.326 e. The Hall–Kier alpha value is -4.57. The summed E-state index contributed by atoms with van der Waals surface area (Å²) in [6.45, 7) is 12.8. The van der Waals surface area contributed by atoms with E-state index in [0.29, 0.717) is 17.1 Å². The lowest BCUT2D eigenvalue weighted by molar-refractivity contribution is -0.143. The highest BCUT2D eigenvalue weighted by atomic mass is 32.1. The molecule has 1 unspecified atom stereocenters. The minimum absolute atomic E-state index is 0.121. The Morgan fingerprint density at radius 3 is 2.06 bits per heavy atom. The van der Waals surface area contributed by atoms with Crippen LogP contribution in [0.4, 0.5) is 0 Å². The highest BCUT2D eigenvalue weighted by molar-refractivity contribution is 7.14. The van der Waals surface area contributed by atoms with Crippen molar-refractivity contribution in [1.29, 1.82) is 0 Å². The monoisotopic (exact) mass is 712 g/mol. The van der Waals surface area contributed by atoms with Gasteiger partial charge in [0.1, 0.15) is 17.8 Å². The van der Waals surface area contributed by atoms with Crippen LogP contribution in [0.1, 0.15) is 100 Å². The zero-order valence-corrected chi connectivity index (χ0v) is 31.5. The number of nitrogens with one attached hydrogen (secondary N) is 2. The van der Waals surface area contributed by atoms with Crippen LogP contribution in [0.2, 0.25) is 0 Å². The van der Waals surface area contributed by atoms with Crippen molar-refractivity contribution in [3.63, 3.8) is 0 Å². The summed E-state index contributed by atoms with van der Waals surface area (Å²) < 4.78 is 5.89. The van der Waals surface area contributed by atoms with E-state index >= 15 is 0 Å². The van der Waals surface area contributed by atoms with Gasteiger partial charge in [-0.1, -0.05) is 110 Å². The summed E-state index contributed by atoms with van der Waals surface area (Å²) in [7, 11) is 0. The summed E-state index contributed by atoms with van der Waals surface area (Å²) >= 11 is 1.38. The first-order valence-corrected chi connectivity index (χ1v) is 18.8. The van der Waals surface area contributed by atoms with Crippen LogP contribution in [-0.2, 0) is 21.4 Å². The molecule has 51 heavy (non-hydrogen) atoms. The molecule has 10 heteroatoms. The summed E-state index contributed by atoms with van der Waals surface area (Å²) in [6.07, 6.45) is 10.3. The topological polar surface area (TPSA) is 131 Å². The summed E-state index contributed by atoms with van der Waals surface area (Å²) in [5, 5.41) is 15.4. The summed E-state index contributed by atoms with van der Waals surface area (Å²) in [5.41, 5.74) is 3.35. The number of thiophene rings is 1. The number of hydrogen-bond acceptors (Lipinski definition) is 7. The maximum atomic E-state index is 13.5. The van der Waals surface area contributed by atoms with Crippen LogP contribution < -0.4 is 15.4 Å². The van der Waals surface area contributed by atoms with E-state index in [1.54, 1.807) is 25.4 Å². The zero-order chi connectivity index (χ0) is 37.0. The molecule has 4 rings (SSSR count). The Morgan fingerprint density at radius 2 is 1.47 bits per heavy atom.